The van der Waals surface area contributed by atoms with Crippen LogP contribution in [-0.2, 0) is 11.3 Å². The van der Waals surface area contributed by atoms with Crippen molar-refractivity contribution in [2.75, 3.05) is 30.8 Å². The van der Waals surface area contributed by atoms with E-state index in [1.165, 1.54) is 30.7 Å². The van der Waals surface area contributed by atoms with Gasteiger partial charge in [0.05, 0.1) is 18.1 Å². The largest absolute Gasteiger partial charge is 0.356 e. The van der Waals surface area contributed by atoms with Gasteiger partial charge in [-0.25, -0.2) is 14.6 Å². The summed E-state index contributed by atoms with van der Waals surface area (Å²) in [5.41, 5.74) is 1.61. The lowest BCUT2D eigenvalue weighted by atomic mass is 10.2. The summed E-state index contributed by atoms with van der Waals surface area (Å²) in [5, 5.41) is 9.69. The lowest BCUT2D eigenvalue weighted by molar-refractivity contribution is -0.116. The van der Waals surface area contributed by atoms with Gasteiger partial charge >= 0.3 is 0 Å². The van der Waals surface area contributed by atoms with Crippen LogP contribution in [0.5, 0.6) is 0 Å². The first-order valence-corrected chi connectivity index (χ1v) is 11.5. The molecule has 9 heteroatoms. The molecule has 1 amide bonds. The number of nitrogens with zero attached hydrogens (tertiary/aromatic N) is 5. The highest BCUT2D eigenvalue weighted by molar-refractivity contribution is 7.98. The minimum atomic E-state index is -0.177. The van der Waals surface area contributed by atoms with Crippen molar-refractivity contribution in [3.8, 4) is 0 Å². The van der Waals surface area contributed by atoms with E-state index in [2.05, 4.69) is 20.3 Å². The van der Waals surface area contributed by atoms with Gasteiger partial charge in [0.2, 0.25) is 5.91 Å². The zero-order chi connectivity index (χ0) is 20.9. The number of hydrogen-bond donors (Lipinski definition) is 1. The quantitative estimate of drug-likeness (QED) is 0.342. The third kappa shape index (κ3) is 4.60. The second kappa shape index (κ2) is 9.49. The van der Waals surface area contributed by atoms with Crippen LogP contribution in [0.1, 0.15) is 18.4 Å². The molecule has 30 heavy (non-hydrogen) atoms. The first-order chi connectivity index (χ1) is 14.7. The molecule has 0 aliphatic carbocycles. The maximum atomic E-state index is 12.1. The number of thioether (sulfide) groups is 1. The number of carbonyl (C=O) groups excluding carboxylic acids is 1. The number of fused-ring (bicyclic) bond motifs is 1. The van der Waals surface area contributed by atoms with Crippen molar-refractivity contribution in [2.45, 2.75) is 24.5 Å². The molecule has 0 spiro atoms. The summed E-state index contributed by atoms with van der Waals surface area (Å²) in [6.07, 6.45) is 9.36. The zero-order valence-corrected chi connectivity index (χ0v) is 18.3. The van der Waals surface area contributed by atoms with E-state index in [1.54, 1.807) is 12.1 Å². The standard InChI is InChI=1S/C21H23ClN6OS/c1-30-21-25-19(27-11-4-5-12-27)16-14-24-28(20(16)26-21)13-10-23-18(29)9-8-15-6-2-3-7-17(15)22/h2-3,6-9,14H,4-5,10-13H2,1H3,(H,23,29)/b9-8+. The molecule has 0 saturated carbocycles. The molecule has 1 N–H and O–H groups in total. The molecule has 7 nitrogen and oxygen atoms in total. The molecule has 1 aliphatic rings. The van der Waals surface area contributed by atoms with E-state index in [9.17, 15) is 4.79 Å². The Hall–Kier alpha value is -2.58. The van der Waals surface area contributed by atoms with Gasteiger partial charge in [-0.3, -0.25) is 4.79 Å². The van der Waals surface area contributed by atoms with Gasteiger partial charge in [0.15, 0.2) is 10.8 Å². The number of rotatable bonds is 7. The van der Waals surface area contributed by atoms with E-state index in [-0.39, 0.29) is 5.91 Å². The second-order valence-electron chi connectivity index (χ2n) is 6.98. The molecule has 2 aromatic heterocycles. The first kappa shape index (κ1) is 20.7. The van der Waals surface area contributed by atoms with Gasteiger partial charge in [-0.2, -0.15) is 5.10 Å². The molecule has 156 valence electrons. The van der Waals surface area contributed by atoms with Gasteiger partial charge in [-0.05, 0) is 36.8 Å². The highest BCUT2D eigenvalue weighted by atomic mass is 35.5. The maximum Gasteiger partial charge on any atom is 0.244 e. The summed E-state index contributed by atoms with van der Waals surface area (Å²) in [6, 6.07) is 7.40. The molecular weight excluding hydrogens is 420 g/mol. The Bertz CT molecular complexity index is 1080. The van der Waals surface area contributed by atoms with Crippen LogP contribution in [0, 0.1) is 0 Å². The Kier molecular flexibility index (Phi) is 6.54. The molecule has 0 radical (unpaired) electrons. The van der Waals surface area contributed by atoms with E-state index < -0.39 is 0 Å². The predicted octanol–water partition coefficient (Wildman–Crippen LogP) is 3.63. The molecule has 1 saturated heterocycles. The Balaban J connectivity index is 1.43. The zero-order valence-electron chi connectivity index (χ0n) is 16.7. The average molecular weight is 443 g/mol. The summed E-state index contributed by atoms with van der Waals surface area (Å²) in [6.45, 7) is 3.00. The summed E-state index contributed by atoms with van der Waals surface area (Å²) < 4.78 is 1.83. The molecule has 1 aromatic carbocycles. The van der Waals surface area contributed by atoms with Crippen LogP contribution in [0.2, 0.25) is 5.02 Å². The Labute approximate surface area is 184 Å². The van der Waals surface area contributed by atoms with E-state index >= 15 is 0 Å². The van der Waals surface area contributed by atoms with Crippen molar-refractivity contribution in [1.29, 1.82) is 0 Å². The van der Waals surface area contributed by atoms with Crippen molar-refractivity contribution in [2.24, 2.45) is 0 Å². The molecule has 3 heterocycles. The normalized spacial score (nSPS) is 14.1. The van der Waals surface area contributed by atoms with Crippen molar-refractivity contribution in [3.63, 3.8) is 0 Å². The second-order valence-corrected chi connectivity index (χ2v) is 8.16. The number of benzene rings is 1. The number of hydrogen-bond acceptors (Lipinski definition) is 6. The van der Waals surface area contributed by atoms with Crippen molar-refractivity contribution >= 4 is 52.2 Å². The van der Waals surface area contributed by atoms with Crippen LogP contribution in [-0.4, -0.2) is 51.5 Å². The van der Waals surface area contributed by atoms with Crippen molar-refractivity contribution in [3.05, 3.63) is 47.1 Å². The van der Waals surface area contributed by atoms with Gasteiger partial charge in [-0.1, -0.05) is 41.6 Å². The van der Waals surface area contributed by atoms with Gasteiger partial charge in [0.1, 0.15) is 5.82 Å². The molecule has 0 bridgehead atoms. The molecule has 1 aliphatic heterocycles. The summed E-state index contributed by atoms with van der Waals surface area (Å²) in [4.78, 5) is 23.8. The van der Waals surface area contributed by atoms with E-state index in [0.29, 0.717) is 18.1 Å². The fraction of sp³-hybridized carbons (Fsp3) is 0.333. The van der Waals surface area contributed by atoms with Crippen molar-refractivity contribution in [1.82, 2.24) is 25.1 Å². The van der Waals surface area contributed by atoms with Crippen LogP contribution < -0.4 is 10.2 Å². The first-order valence-electron chi connectivity index (χ1n) is 9.88. The van der Waals surface area contributed by atoms with Crippen LogP contribution in [0.15, 0.2) is 41.7 Å². The highest BCUT2D eigenvalue weighted by Crippen LogP contribution is 2.28. The van der Waals surface area contributed by atoms with Crippen molar-refractivity contribution < 1.29 is 4.79 Å². The van der Waals surface area contributed by atoms with E-state index in [4.69, 9.17) is 16.6 Å². The van der Waals surface area contributed by atoms with Crippen LogP contribution in [0.4, 0.5) is 5.82 Å². The molecule has 4 rings (SSSR count). The molecule has 0 unspecified atom stereocenters. The maximum absolute atomic E-state index is 12.1. The highest BCUT2D eigenvalue weighted by Gasteiger charge is 2.20. The third-order valence-corrected chi connectivity index (χ3v) is 5.88. The number of aromatic nitrogens is 4. The lowest BCUT2D eigenvalue weighted by Crippen LogP contribution is -2.26. The number of anilines is 1. The smallest absolute Gasteiger partial charge is 0.244 e. The van der Waals surface area contributed by atoms with Gasteiger partial charge < -0.3 is 10.2 Å². The number of nitrogens with one attached hydrogen (secondary N) is 1. The molecule has 3 aromatic rings. The summed E-state index contributed by atoms with van der Waals surface area (Å²) >= 11 is 7.63. The van der Waals surface area contributed by atoms with Crippen LogP contribution in [0.3, 0.4) is 0 Å². The Morgan fingerprint density at radius 2 is 2.07 bits per heavy atom. The minimum absolute atomic E-state index is 0.177. The predicted molar refractivity (Wildman–Crippen MR) is 122 cm³/mol. The lowest BCUT2D eigenvalue weighted by Gasteiger charge is -2.17. The fourth-order valence-electron chi connectivity index (χ4n) is 3.47. The Morgan fingerprint density at radius 1 is 1.27 bits per heavy atom. The summed E-state index contributed by atoms with van der Waals surface area (Å²) in [7, 11) is 0. The third-order valence-electron chi connectivity index (χ3n) is 4.99. The molecule has 0 atom stereocenters. The van der Waals surface area contributed by atoms with E-state index in [0.717, 1.165) is 40.7 Å². The Morgan fingerprint density at radius 3 is 2.83 bits per heavy atom. The number of carbonyl (C=O) groups is 1. The van der Waals surface area contributed by atoms with Crippen LogP contribution in [0.25, 0.3) is 17.1 Å². The molecule has 1 fully saturated rings. The minimum Gasteiger partial charge on any atom is -0.356 e. The van der Waals surface area contributed by atoms with Gasteiger partial charge in [0, 0.05) is 30.7 Å². The van der Waals surface area contributed by atoms with Gasteiger partial charge in [0.25, 0.3) is 0 Å². The number of amides is 1. The SMILES string of the molecule is CSc1nc(N2CCCC2)c2cnn(CCNC(=O)/C=C/c3ccccc3Cl)c2n1. The molecular formula is C21H23ClN6OS. The summed E-state index contributed by atoms with van der Waals surface area (Å²) in [5.74, 6) is 0.781. The monoisotopic (exact) mass is 442 g/mol. The number of halogens is 1. The van der Waals surface area contributed by atoms with Crippen LogP contribution >= 0.6 is 23.4 Å². The fourth-order valence-corrected chi connectivity index (χ4v) is 4.02. The average Bonchev–Trinajstić information content (AvgIpc) is 3.43. The topological polar surface area (TPSA) is 75.9 Å². The van der Waals surface area contributed by atoms with Gasteiger partial charge in [-0.15, -0.1) is 0 Å². The van der Waals surface area contributed by atoms with E-state index in [1.807, 2.05) is 35.3 Å².